The van der Waals surface area contributed by atoms with Crippen LogP contribution in [0.3, 0.4) is 0 Å². The number of esters is 2. The normalized spacial score (nSPS) is 33.1. The van der Waals surface area contributed by atoms with E-state index in [-0.39, 0.29) is 28.7 Å². The standard InChI is InChI=1S/C18H16Br2ClNO5/c1-6-2-9(19)10(21)4-11(6)22-12(23)5-26-17(24)13-7-3-8-14(13)18(25)27-16(8)15(7)20/h2,4,7-8,13-16H,3,5H2,1H3,(H,22,23)/t7-,8-,13-,14-,15+,16+/m1/s1. The fraction of sp³-hybridized carbons (Fsp3) is 0.500. The lowest BCUT2D eigenvalue weighted by molar-refractivity contribution is -0.157. The molecule has 2 bridgehead atoms. The lowest BCUT2D eigenvalue weighted by Crippen LogP contribution is -2.39. The number of benzene rings is 1. The van der Waals surface area contributed by atoms with E-state index in [1.54, 1.807) is 12.1 Å². The number of fused-ring (bicyclic) bond motifs is 1. The second-order valence-electron chi connectivity index (χ2n) is 7.20. The molecule has 1 amide bonds. The Bertz CT molecular complexity index is 847. The second-order valence-corrected chi connectivity index (χ2v) is 9.52. The molecule has 1 aromatic carbocycles. The highest BCUT2D eigenvalue weighted by molar-refractivity contribution is 9.10. The lowest BCUT2D eigenvalue weighted by Gasteiger charge is -2.26. The predicted octanol–water partition coefficient (Wildman–Crippen LogP) is 3.46. The van der Waals surface area contributed by atoms with Gasteiger partial charge < -0.3 is 14.8 Å². The van der Waals surface area contributed by atoms with Gasteiger partial charge in [0.15, 0.2) is 6.61 Å². The maximum atomic E-state index is 12.6. The molecule has 2 saturated carbocycles. The number of halogens is 3. The minimum absolute atomic E-state index is 0.000430. The summed E-state index contributed by atoms with van der Waals surface area (Å²) in [6, 6.07) is 3.41. The Labute approximate surface area is 177 Å². The molecule has 3 fully saturated rings. The molecule has 144 valence electrons. The zero-order valence-corrected chi connectivity index (χ0v) is 18.1. The predicted molar refractivity (Wildman–Crippen MR) is 105 cm³/mol. The van der Waals surface area contributed by atoms with Gasteiger partial charge >= 0.3 is 11.9 Å². The minimum atomic E-state index is -0.553. The van der Waals surface area contributed by atoms with Crippen LogP contribution in [-0.2, 0) is 23.9 Å². The Balaban J connectivity index is 1.38. The summed E-state index contributed by atoms with van der Waals surface area (Å²) in [4.78, 5) is 36.8. The van der Waals surface area contributed by atoms with Gasteiger partial charge in [-0.25, -0.2) is 0 Å². The Morgan fingerprint density at radius 1 is 1.37 bits per heavy atom. The van der Waals surface area contributed by atoms with Crippen molar-refractivity contribution >= 4 is 67.0 Å². The smallest absolute Gasteiger partial charge is 0.310 e. The summed E-state index contributed by atoms with van der Waals surface area (Å²) in [5.41, 5.74) is 1.37. The number of rotatable bonds is 4. The topological polar surface area (TPSA) is 81.7 Å². The highest BCUT2D eigenvalue weighted by Crippen LogP contribution is 2.60. The average Bonchev–Trinajstić information content (AvgIpc) is 3.22. The second kappa shape index (κ2) is 7.04. The molecule has 4 rings (SSSR count). The van der Waals surface area contributed by atoms with E-state index in [1.807, 2.05) is 6.92 Å². The van der Waals surface area contributed by atoms with Crippen LogP contribution in [0.1, 0.15) is 12.0 Å². The van der Waals surface area contributed by atoms with Crippen LogP contribution >= 0.6 is 43.5 Å². The number of carbonyl (C=O) groups is 3. The van der Waals surface area contributed by atoms with Crippen LogP contribution < -0.4 is 5.32 Å². The van der Waals surface area contributed by atoms with E-state index < -0.39 is 30.3 Å². The number of aryl methyl sites for hydroxylation is 1. The molecule has 1 N–H and O–H groups in total. The first kappa shape index (κ1) is 19.2. The molecule has 0 aromatic heterocycles. The van der Waals surface area contributed by atoms with Crippen molar-refractivity contribution < 1.29 is 23.9 Å². The minimum Gasteiger partial charge on any atom is -0.461 e. The Morgan fingerprint density at radius 3 is 2.85 bits per heavy atom. The van der Waals surface area contributed by atoms with Crippen molar-refractivity contribution in [2.45, 2.75) is 24.3 Å². The summed E-state index contributed by atoms with van der Waals surface area (Å²) in [5, 5.41) is 3.15. The molecule has 27 heavy (non-hydrogen) atoms. The van der Waals surface area contributed by atoms with Gasteiger partial charge in [-0.2, -0.15) is 0 Å². The van der Waals surface area contributed by atoms with Gasteiger partial charge in [0.25, 0.3) is 5.91 Å². The Kier molecular flexibility index (Phi) is 5.01. The largest absolute Gasteiger partial charge is 0.461 e. The molecule has 6 nitrogen and oxygen atoms in total. The number of carbonyl (C=O) groups excluding carboxylic acids is 3. The van der Waals surface area contributed by atoms with Crippen LogP contribution in [0.2, 0.25) is 5.02 Å². The van der Waals surface area contributed by atoms with Crippen LogP contribution in [0.25, 0.3) is 0 Å². The summed E-state index contributed by atoms with van der Waals surface area (Å²) in [5.74, 6) is -2.25. The zero-order chi connectivity index (χ0) is 19.5. The highest BCUT2D eigenvalue weighted by Gasteiger charge is 2.68. The van der Waals surface area contributed by atoms with Crippen molar-refractivity contribution in [1.82, 2.24) is 0 Å². The van der Waals surface area contributed by atoms with Crippen LogP contribution in [-0.4, -0.2) is 35.4 Å². The average molecular weight is 522 g/mol. The first-order valence-electron chi connectivity index (χ1n) is 8.54. The van der Waals surface area contributed by atoms with Crippen LogP contribution in [0, 0.1) is 30.6 Å². The van der Waals surface area contributed by atoms with Crippen molar-refractivity contribution in [3.8, 4) is 0 Å². The van der Waals surface area contributed by atoms with Gasteiger partial charge in [-0.05, 0) is 52.9 Å². The molecule has 6 atom stereocenters. The van der Waals surface area contributed by atoms with E-state index in [1.165, 1.54) is 0 Å². The van der Waals surface area contributed by atoms with E-state index >= 15 is 0 Å². The van der Waals surface area contributed by atoms with Gasteiger partial charge in [0.2, 0.25) is 0 Å². The first-order valence-corrected chi connectivity index (χ1v) is 10.6. The van der Waals surface area contributed by atoms with Gasteiger partial charge in [-0.1, -0.05) is 27.5 Å². The molecule has 2 aliphatic carbocycles. The van der Waals surface area contributed by atoms with E-state index in [9.17, 15) is 14.4 Å². The Hall–Kier alpha value is -1.12. The molecule has 0 radical (unpaired) electrons. The molecule has 1 aliphatic heterocycles. The number of anilines is 1. The first-order chi connectivity index (χ1) is 12.8. The van der Waals surface area contributed by atoms with E-state index in [4.69, 9.17) is 21.1 Å². The summed E-state index contributed by atoms with van der Waals surface area (Å²) in [6.45, 7) is 1.41. The molecule has 3 aliphatic rings. The summed E-state index contributed by atoms with van der Waals surface area (Å²) in [7, 11) is 0. The quantitative estimate of drug-likeness (QED) is 0.485. The van der Waals surface area contributed by atoms with E-state index in [0.717, 1.165) is 16.5 Å². The zero-order valence-electron chi connectivity index (χ0n) is 14.2. The molecule has 9 heteroatoms. The fourth-order valence-corrected chi connectivity index (χ4v) is 6.16. The highest BCUT2D eigenvalue weighted by atomic mass is 79.9. The van der Waals surface area contributed by atoms with Crippen molar-refractivity contribution in [1.29, 1.82) is 0 Å². The van der Waals surface area contributed by atoms with Gasteiger partial charge in [-0.15, -0.1) is 0 Å². The summed E-state index contributed by atoms with van der Waals surface area (Å²) < 4.78 is 11.3. The number of hydrogen-bond donors (Lipinski definition) is 1. The summed E-state index contributed by atoms with van der Waals surface area (Å²) >= 11 is 12.9. The van der Waals surface area contributed by atoms with Crippen LogP contribution in [0.15, 0.2) is 16.6 Å². The Morgan fingerprint density at radius 2 is 2.11 bits per heavy atom. The molecular formula is C18H16Br2ClNO5. The van der Waals surface area contributed by atoms with Gasteiger partial charge in [0.05, 0.1) is 21.7 Å². The fourth-order valence-electron chi connectivity index (χ4n) is 4.49. The van der Waals surface area contributed by atoms with Crippen molar-refractivity contribution in [3.05, 3.63) is 27.2 Å². The molecule has 0 spiro atoms. The number of amides is 1. The monoisotopic (exact) mass is 519 g/mol. The van der Waals surface area contributed by atoms with Gasteiger partial charge in [0.1, 0.15) is 6.10 Å². The third kappa shape index (κ3) is 3.19. The molecular weight excluding hydrogens is 505 g/mol. The van der Waals surface area contributed by atoms with Crippen molar-refractivity contribution in [2.24, 2.45) is 23.7 Å². The van der Waals surface area contributed by atoms with E-state index in [0.29, 0.717) is 10.7 Å². The lowest BCUT2D eigenvalue weighted by atomic mass is 9.80. The SMILES string of the molecule is Cc1cc(Br)c(Cl)cc1NC(=O)COC(=O)[C@@H]1[C@H]2C[C@H]3[C@H](OC(=O)[C@H]31)[C@H]2Br. The van der Waals surface area contributed by atoms with Gasteiger partial charge in [-0.3, -0.25) is 14.4 Å². The molecule has 1 saturated heterocycles. The summed E-state index contributed by atoms with van der Waals surface area (Å²) in [6.07, 6.45) is 0.615. The van der Waals surface area contributed by atoms with Gasteiger partial charge in [0, 0.05) is 16.1 Å². The van der Waals surface area contributed by atoms with E-state index in [2.05, 4.69) is 37.2 Å². The molecule has 1 aromatic rings. The molecule has 1 heterocycles. The van der Waals surface area contributed by atoms with Crippen molar-refractivity contribution in [3.63, 3.8) is 0 Å². The number of nitrogens with one attached hydrogen (secondary N) is 1. The van der Waals surface area contributed by atoms with Crippen molar-refractivity contribution in [2.75, 3.05) is 11.9 Å². The third-order valence-corrected chi connectivity index (χ3v) is 8.08. The van der Waals surface area contributed by atoms with Crippen LogP contribution in [0.5, 0.6) is 0 Å². The number of hydrogen-bond acceptors (Lipinski definition) is 5. The number of ether oxygens (including phenoxy) is 2. The number of alkyl halides is 1. The maximum Gasteiger partial charge on any atom is 0.310 e. The van der Waals surface area contributed by atoms with Crippen LogP contribution in [0.4, 0.5) is 5.69 Å². The molecule has 0 unspecified atom stereocenters. The third-order valence-electron chi connectivity index (χ3n) is 5.68. The maximum absolute atomic E-state index is 12.6.